The highest BCUT2D eigenvalue weighted by Crippen LogP contribution is 2.70. The van der Waals surface area contributed by atoms with E-state index in [1.165, 1.54) is 26.8 Å². The van der Waals surface area contributed by atoms with Gasteiger partial charge in [-0.15, -0.1) is 0 Å². The Morgan fingerprint density at radius 3 is 1.93 bits per heavy atom. The Morgan fingerprint density at radius 2 is 1.41 bits per heavy atom. The van der Waals surface area contributed by atoms with Crippen LogP contribution in [0.2, 0.25) is 0 Å². The number of ketones is 1. The number of carboxylic acids is 3. The molecule has 260 valence electrons. The second-order valence-electron chi connectivity index (χ2n) is 16.1. The first-order valence-corrected chi connectivity index (χ1v) is 15.9. The number of carbonyl (C=O) groups is 4. The van der Waals surface area contributed by atoms with Crippen LogP contribution in [0.5, 0.6) is 0 Å². The molecule has 1 unspecified atom stereocenters. The molecule has 6 N–H and O–H groups in total. The molecule has 0 aromatic carbocycles. The van der Waals surface area contributed by atoms with Crippen molar-refractivity contribution in [2.75, 3.05) is 0 Å². The Hall–Kier alpha value is -2.42. The summed E-state index contributed by atoms with van der Waals surface area (Å²) in [6.45, 7) is 7.63. The largest absolute Gasteiger partial charge is 0.550 e. The summed E-state index contributed by atoms with van der Waals surface area (Å²) in [6.07, 6.45) is -2.67. The van der Waals surface area contributed by atoms with Gasteiger partial charge in [0.2, 0.25) is 0 Å². The molecule has 0 bridgehead atoms. The van der Waals surface area contributed by atoms with Crippen LogP contribution in [-0.2, 0) is 19.2 Å². The summed E-state index contributed by atoms with van der Waals surface area (Å²) in [5.41, 5.74) is -14.6. The van der Waals surface area contributed by atoms with E-state index in [-0.39, 0.29) is 38.5 Å². The lowest BCUT2D eigenvalue weighted by Crippen LogP contribution is -2.70. The SMILES string of the molecule is CC(C)(O)CC[C@@](O)(CC(=O)[O-])[C@](C)(O)[C@H]1CCC2(O)C3=CC(=O)[C@@H]4C[C@@](O)(CC(=O)[O-])[C@@](O)(CC(=O)[O-])C[C@]4(C)[C@H]3CC[C@]12C. The first-order valence-electron chi connectivity index (χ1n) is 15.9. The van der Waals surface area contributed by atoms with Crippen molar-refractivity contribution in [3.8, 4) is 0 Å². The van der Waals surface area contributed by atoms with Gasteiger partial charge in [-0.05, 0) is 101 Å². The smallest absolute Gasteiger partial charge is 0.159 e. The molecule has 0 radical (unpaired) electrons. The molecule has 0 aliphatic heterocycles. The van der Waals surface area contributed by atoms with Crippen LogP contribution in [0, 0.1) is 28.6 Å². The van der Waals surface area contributed by atoms with Crippen molar-refractivity contribution in [3.63, 3.8) is 0 Å². The number of allylic oxidation sites excluding steroid dienone is 1. The number of rotatable bonds is 11. The summed E-state index contributed by atoms with van der Waals surface area (Å²) < 4.78 is 0. The number of aliphatic hydroxyl groups is 6. The van der Waals surface area contributed by atoms with Crippen molar-refractivity contribution in [2.24, 2.45) is 28.6 Å². The van der Waals surface area contributed by atoms with Gasteiger partial charge in [0.1, 0.15) is 0 Å². The van der Waals surface area contributed by atoms with E-state index in [0.29, 0.717) is 5.57 Å². The van der Waals surface area contributed by atoms with Gasteiger partial charge in [0, 0.05) is 48.5 Å². The maximum Gasteiger partial charge on any atom is 0.159 e. The third-order valence-corrected chi connectivity index (χ3v) is 12.7. The van der Waals surface area contributed by atoms with Gasteiger partial charge in [-0.2, -0.15) is 0 Å². The summed E-state index contributed by atoms with van der Waals surface area (Å²) in [4.78, 5) is 48.9. The van der Waals surface area contributed by atoms with E-state index in [4.69, 9.17) is 0 Å². The van der Waals surface area contributed by atoms with Gasteiger partial charge in [0.15, 0.2) is 5.78 Å². The van der Waals surface area contributed by atoms with Crippen LogP contribution in [-0.4, -0.2) is 87.9 Å². The van der Waals surface area contributed by atoms with Gasteiger partial charge in [0.05, 0.1) is 33.6 Å². The monoisotopic (exact) mass is 651 g/mol. The normalized spacial score (nSPS) is 41.7. The molecule has 0 spiro atoms. The average molecular weight is 652 g/mol. The fourth-order valence-corrected chi connectivity index (χ4v) is 10.1. The summed E-state index contributed by atoms with van der Waals surface area (Å²) in [5, 5.41) is 105. The van der Waals surface area contributed by atoms with Crippen molar-refractivity contribution < 1.29 is 65.1 Å². The summed E-state index contributed by atoms with van der Waals surface area (Å²) in [5.74, 6) is -8.19. The number of carboxylic acid groups (broad SMARTS) is 3. The molecule has 46 heavy (non-hydrogen) atoms. The van der Waals surface area contributed by atoms with Crippen LogP contribution in [0.25, 0.3) is 0 Å². The fraction of sp³-hybridized carbons (Fsp3) is 0.818. The number of aliphatic carboxylic acids is 3. The van der Waals surface area contributed by atoms with E-state index in [2.05, 4.69) is 0 Å². The number of carbonyl (C=O) groups excluding carboxylic acids is 4. The molecule has 0 heterocycles. The summed E-state index contributed by atoms with van der Waals surface area (Å²) in [7, 11) is 0. The molecule has 0 aromatic heterocycles. The van der Waals surface area contributed by atoms with Crippen LogP contribution < -0.4 is 15.3 Å². The molecule has 3 saturated carbocycles. The quantitative estimate of drug-likeness (QED) is 0.134. The standard InChI is InChI=1S/C33H50O13/c1-26(2,41)10-11-30(43,14-23(35)36)29(5,42)22-7-9-33(46)19-12-21(34)20-13-31(44,15-24(37)38)32(45,16-25(39)40)17-27(20,3)18(19)6-8-28(22,33)4/h12,18,20,22,41-46H,6-11,13-17H2,1-5H3,(H,35,36)(H,37,38)(H,39,40)/p-3/t18-,20-,22-,27+,28+,29+,30+,31+,32+,33?/m0/s1. The zero-order valence-corrected chi connectivity index (χ0v) is 27.1. The highest BCUT2D eigenvalue weighted by Gasteiger charge is 2.72. The van der Waals surface area contributed by atoms with Crippen LogP contribution in [0.15, 0.2) is 11.6 Å². The predicted octanol–water partition coefficient (Wildman–Crippen LogP) is -2.62. The van der Waals surface area contributed by atoms with E-state index in [9.17, 15) is 65.1 Å². The Kier molecular flexibility index (Phi) is 8.76. The van der Waals surface area contributed by atoms with Crippen molar-refractivity contribution in [3.05, 3.63) is 11.6 Å². The molecule has 13 heteroatoms. The van der Waals surface area contributed by atoms with Crippen molar-refractivity contribution in [1.29, 1.82) is 0 Å². The molecule has 0 amide bonds. The topological polar surface area (TPSA) is 259 Å². The van der Waals surface area contributed by atoms with Crippen LogP contribution >= 0.6 is 0 Å². The van der Waals surface area contributed by atoms with E-state index >= 15 is 0 Å². The lowest BCUT2D eigenvalue weighted by molar-refractivity contribution is -0.327. The third-order valence-electron chi connectivity index (χ3n) is 12.7. The van der Waals surface area contributed by atoms with Crippen LogP contribution in [0.1, 0.15) is 105 Å². The maximum absolute atomic E-state index is 13.8. The zero-order valence-electron chi connectivity index (χ0n) is 27.1. The first kappa shape index (κ1) is 36.4. The van der Waals surface area contributed by atoms with Gasteiger partial charge in [-0.1, -0.05) is 13.8 Å². The fourth-order valence-electron chi connectivity index (χ4n) is 10.1. The second kappa shape index (κ2) is 11.1. The highest BCUT2D eigenvalue weighted by molar-refractivity contribution is 5.95. The molecule has 3 fully saturated rings. The Morgan fingerprint density at radius 1 is 0.848 bits per heavy atom. The number of hydrogen-bond acceptors (Lipinski definition) is 13. The Bertz CT molecular complexity index is 1330. The average Bonchev–Trinajstić information content (AvgIpc) is 3.15. The minimum Gasteiger partial charge on any atom is -0.550 e. The molecular weight excluding hydrogens is 604 g/mol. The van der Waals surface area contributed by atoms with Gasteiger partial charge in [-0.25, -0.2) is 0 Å². The van der Waals surface area contributed by atoms with Gasteiger partial charge in [-0.3, -0.25) is 4.79 Å². The molecule has 13 nitrogen and oxygen atoms in total. The van der Waals surface area contributed by atoms with Crippen LogP contribution in [0.4, 0.5) is 0 Å². The summed E-state index contributed by atoms with van der Waals surface area (Å²) in [6, 6.07) is 0. The van der Waals surface area contributed by atoms with Gasteiger partial charge >= 0.3 is 0 Å². The van der Waals surface area contributed by atoms with E-state index < -0.39 is 118 Å². The van der Waals surface area contributed by atoms with Crippen LogP contribution in [0.3, 0.4) is 0 Å². The van der Waals surface area contributed by atoms with Gasteiger partial charge < -0.3 is 60.3 Å². The van der Waals surface area contributed by atoms with E-state index in [1.807, 2.05) is 0 Å². The molecule has 0 saturated heterocycles. The van der Waals surface area contributed by atoms with Crippen molar-refractivity contribution >= 4 is 23.7 Å². The lowest BCUT2D eigenvalue weighted by Gasteiger charge is -2.64. The molecule has 4 rings (SSSR count). The maximum atomic E-state index is 13.8. The van der Waals surface area contributed by atoms with E-state index in [0.717, 1.165) is 0 Å². The minimum atomic E-state index is -2.51. The number of fused-ring (bicyclic) bond motifs is 5. The minimum absolute atomic E-state index is 0.0194. The molecule has 4 aliphatic rings. The molecular formula is C33H47O13-3. The van der Waals surface area contributed by atoms with Crippen molar-refractivity contribution in [2.45, 2.75) is 139 Å². The summed E-state index contributed by atoms with van der Waals surface area (Å²) >= 11 is 0. The lowest BCUT2D eigenvalue weighted by atomic mass is 9.42. The second-order valence-corrected chi connectivity index (χ2v) is 16.1. The predicted molar refractivity (Wildman–Crippen MR) is 152 cm³/mol. The third kappa shape index (κ3) is 5.50. The first-order chi connectivity index (χ1) is 20.7. The zero-order chi connectivity index (χ0) is 35.1. The Balaban J connectivity index is 1.77. The highest BCUT2D eigenvalue weighted by atomic mass is 16.4. The van der Waals surface area contributed by atoms with E-state index in [1.54, 1.807) is 13.8 Å². The Labute approximate surface area is 267 Å². The molecule has 10 atom stereocenters. The molecule has 0 aromatic rings. The molecule has 4 aliphatic carbocycles. The van der Waals surface area contributed by atoms with Crippen molar-refractivity contribution in [1.82, 2.24) is 0 Å². The van der Waals surface area contributed by atoms with Gasteiger partial charge in [0.25, 0.3) is 0 Å². The number of hydrogen-bond donors (Lipinski definition) is 6.